The first-order chi connectivity index (χ1) is 5.57. The lowest BCUT2D eigenvalue weighted by Gasteiger charge is -2.10. The van der Waals surface area contributed by atoms with Gasteiger partial charge in [-0.3, -0.25) is 10.1 Å². The average Bonchev–Trinajstić information content (AvgIpc) is 1.96. The van der Waals surface area contributed by atoms with Crippen LogP contribution in [0, 0.1) is 10.1 Å². The third kappa shape index (κ3) is 5.03. The monoisotopic (exact) mass is 177 g/mol. The minimum Gasteiger partial charge on any atom is -0.368 e. The molecule has 2 unspecified atom stereocenters. The van der Waals surface area contributed by atoms with E-state index < -0.39 is 12.3 Å². The molecular weight excluding hydrogens is 162 g/mol. The summed E-state index contributed by atoms with van der Waals surface area (Å²) >= 11 is 0. The molecular formula is C7H15NO4. The summed E-state index contributed by atoms with van der Waals surface area (Å²) in [6.45, 7) is 3.29. The summed E-state index contributed by atoms with van der Waals surface area (Å²) in [6.07, 6.45) is 0.304. The molecule has 0 aromatic heterocycles. The molecule has 0 amide bonds. The Labute approximate surface area is 71.5 Å². The lowest BCUT2D eigenvalue weighted by atomic mass is 10.2. The molecule has 2 atom stereocenters. The van der Waals surface area contributed by atoms with Gasteiger partial charge in [0.2, 0.25) is 6.04 Å². The molecule has 0 rings (SSSR count). The van der Waals surface area contributed by atoms with Crippen LogP contribution in [0.25, 0.3) is 0 Å². The van der Waals surface area contributed by atoms with Crippen molar-refractivity contribution in [1.29, 1.82) is 0 Å². The van der Waals surface area contributed by atoms with Crippen molar-refractivity contribution in [3.63, 3.8) is 0 Å². The summed E-state index contributed by atoms with van der Waals surface area (Å²) in [5.74, 6) is 0. The molecule has 0 bridgehead atoms. The third-order valence-electron chi connectivity index (χ3n) is 1.45. The second kappa shape index (κ2) is 5.91. The Balaban J connectivity index is 3.71. The SMILES string of the molecule is CCCC(COC(C)O)[N+](=O)[O-]. The lowest BCUT2D eigenvalue weighted by molar-refractivity contribution is -0.529. The van der Waals surface area contributed by atoms with Crippen LogP contribution in [-0.4, -0.2) is 29.0 Å². The van der Waals surface area contributed by atoms with Gasteiger partial charge in [0.15, 0.2) is 6.29 Å². The summed E-state index contributed by atoms with van der Waals surface area (Å²) in [5, 5.41) is 19.1. The van der Waals surface area contributed by atoms with Gasteiger partial charge in [-0.25, -0.2) is 0 Å². The molecule has 0 fully saturated rings. The van der Waals surface area contributed by atoms with E-state index in [0.29, 0.717) is 6.42 Å². The van der Waals surface area contributed by atoms with Gasteiger partial charge in [-0.05, 0) is 13.3 Å². The Kier molecular flexibility index (Phi) is 5.57. The Morgan fingerprint density at radius 1 is 1.67 bits per heavy atom. The topological polar surface area (TPSA) is 72.6 Å². The Morgan fingerprint density at radius 3 is 2.58 bits per heavy atom. The van der Waals surface area contributed by atoms with Crippen LogP contribution in [0.5, 0.6) is 0 Å². The van der Waals surface area contributed by atoms with Crippen LogP contribution in [0.3, 0.4) is 0 Å². The van der Waals surface area contributed by atoms with Crippen molar-refractivity contribution in [2.45, 2.75) is 39.0 Å². The molecule has 0 aliphatic carbocycles. The van der Waals surface area contributed by atoms with Gasteiger partial charge >= 0.3 is 0 Å². The standard InChI is InChI=1S/C7H15NO4/c1-3-4-7(8(10)11)5-12-6(2)9/h6-7,9H,3-5H2,1-2H3. The Morgan fingerprint density at radius 2 is 2.25 bits per heavy atom. The molecule has 0 aromatic carbocycles. The van der Waals surface area contributed by atoms with E-state index >= 15 is 0 Å². The van der Waals surface area contributed by atoms with Crippen molar-refractivity contribution in [3.05, 3.63) is 10.1 Å². The van der Waals surface area contributed by atoms with Gasteiger partial charge < -0.3 is 9.84 Å². The first kappa shape index (κ1) is 11.3. The Bertz CT molecular complexity index is 137. The molecule has 5 heteroatoms. The predicted octanol–water partition coefficient (Wildman–Crippen LogP) is 0.787. The summed E-state index contributed by atoms with van der Waals surface area (Å²) < 4.78 is 4.73. The van der Waals surface area contributed by atoms with E-state index in [1.54, 1.807) is 0 Å². The van der Waals surface area contributed by atoms with Gasteiger partial charge in [0.25, 0.3) is 0 Å². The zero-order valence-corrected chi connectivity index (χ0v) is 7.40. The van der Waals surface area contributed by atoms with Crippen molar-refractivity contribution in [1.82, 2.24) is 0 Å². The molecule has 0 aliphatic heterocycles. The average molecular weight is 177 g/mol. The highest BCUT2D eigenvalue weighted by Gasteiger charge is 2.19. The van der Waals surface area contributed by atoms with Crippen LogP contribution in [0.1, 0.15) is 26.7 Å². The van der Waals surface area contributed by atoms with Crippen LogP contribution in [-0.2, 0) is 4.74 Å². The fourth-order valence-corrected chi connectivity index (χ4v) is 0.833. The number of hydrogen-bond acceptors (Lipinski definition) is 4. The van der Waals surface area contributed by atoms with Crippen molar-refractivity contribution >= 4 is 0 Å². The van der Waals surface area contributed by atoms with Gasteiger partial charge in [0.05, 0.1) is 0 Å². The second-order valence-corrected chi connectivity index (χ2v) is 2.66. The van der Waals surface area contributed by atoms with E-state index in [1.165, 1.54) is 6.92 Å². The zero-order valence-electron chi connectivity index (χ0n) is 7.40. The van der Waals surface area contributed by atoms with E-state index in [-0.39, 0.29) is 11.5 Å². The smallest absolute Gasteiger partial charge is 0.236 e. The van der Waals surface area contributed by atoms with Crippen molar-refractivity contribution in [2.75, 3.05) is 6.61 Å². The third-order valence-corrected chi connectivity index (χ3v) is 1.45. The first-order valence-corrected chi connectivity index (χ1v) is 4.01. The number of rotatable bonds is 6. The van der Waals surface area contributed by atoms with Gasteiger partial charge in [0, 0.05) is 11.3 Å². The maximum absolute atomic E-state index is 10.3. The summed E-state index contributed by atoms with van der Waals surface area (Å²) in [4.78, 5) is 9.98. The maximum atomic E-state index is 10.3. The molecule has 0 aliphatic rings. The molecule has 0 heterocycles. The zero-order chi connectivity index (χ0) is 9.56. The summed E-state index contributed by atoms with van der Waals surface area (Å²) in [5.41, 5.74) is 0. The first-order valence-electron chi connectivity index (χ1n) is 4.01. The molecule has 0 spiro atoms. The van der Waals surface area contributed by atoms with Crippen LogP contribution in [0.2, 0.25) is 0 Å². The number of nitrogens with zero attached hydrogens (tertiary/aromatic N) is 1. The number of aliphatic hydroxyl groups is 1. The van der Waals surface area contributed by atoms with E-state index in [2.05, 4.69) is 0 Å². The molecule has 0 saturated carbocycles. The molecule has 1 N–H and O–H groups in total. The van der Waals surface area contributed by atoms with Crippen LogP contribution in [0.15, 0.2) is 0 Å². The predicted molar refractivity (Wildman–Crippen MR) is 43.3 cm³/mol. The summed E-state index contributed by atoms with van der Waals surface area (Å²) in [6, 6.07) is -0.690. The van der Waals surface area contributed by atoms with E-state index in [1.807, 2.05) is 6.92 Å². The molecule has 72 valence electrons. The van der Waals surface area contributed by atoms with Crippen LogP contribution >= 0.6 is 0 Å². The van der Waals surface area contributed by atoms with Crippen molar-refractivity contribution in [2.24, 2.45) is 0 Å². The highest BCUT2D eigenvalue weighted by molar-refractivity contribution is 4.53. The quantitative estimate of drug-likeness (QED) is 0.370. The normalized spacial score (nSPS) is 15.6. The van der Waals surface area contributed by atoms with Crippen LogP contribution < -0.4 is 0 Å². The molecule has 0 saturated heterocycles. The lowest BCUT2D eigenvalue weighted by Crippen LogP contribution is -2.27. The second-order valence-electron chi connectivity index (χ2n) is 2.66. The number of aliphatic hydroxyl groups excluding tert-OH is 1. The number of nitro groups is 1. The van der Waals surface area contributed by atoms with Crippen molar-refractivity contribution < 1.29 is 14.8 Å². The maximum Gasteiger partial charge on any atom is 0.236 e. The summed E-state index contributed by atoms with van der Waals surface area (Å²) in [7, 11) is 0. The highest BCUT2D eigenvalue weighted by atomic mass is 16.6. The highest BCUT2D eigenvalue weighted by Crippen LogP contribution is 2.02. The fraction of sp³-hybridized carbons (Fsp3) is 1.00. The molecule has 0 radical (unpaired) electrons. The van der Waals surface area contributed by atoms with Gasteiger partial charge in [-0.15, -0.1) is 0 Å². The van der Waals surface area contributed by atoms with E-state index in [9.17, 15) is 10.1 Å². The Hall–Kier alpha value is -0.680. The van der Waals surface area contributed by atoms with Gasteiger partial charge in [0.1, 0.15) is 6.61 Å². The number of hydrogen-bond donors (Lipinski definition) is 1. The van der Waals surface area contributed by atoms with Crippen molar-refractivity contribution in [3.8, 4) is 0 Å². The largest absolute Gasteiger partial charge is 0.368 e. The molecule has 12 heavy (non-hydrogen) atoms. The van der Waals surface area contributed by atoms with E-state index in [4.69, 9.17) is 9.84 Å². The van der Waals surface area contributed by atoms with Gasteiger partial charge in [-0.1, -0.05) is 6.92 Å². The molecule has 5 nitrogen and oxygen atoms in total. The fourth-order valence-electron chi connectivity index (χ4n) is 0.833. The minimum absolute atomic E-state index is 0.0154. The van der Waals surface area contributed by atoms with Gasteiger partial charge in [-0.2, -0.15) is 0 Å². The van der Waals surface area contributed by atoms with Crippen LogP contribution in [0.4, 0.5) is 0 Å². The van der Waals surface area contributed by atoms with E-state index in [0.717, 1.165) is 6.42 Å². The molecule has 0 aromatic rings. The minimum atomic E-state index is -0.927. The number of ether oxygens (including phenoxy) is 1.